The molecule has 29 heavy (non-hydrogen) atoms. The van der Waals surface area contributed by atoms with E-state index in [-0.39, 0.29) is 24.3 Å². The second-order valence-electron chi connectivity index (χ2n) is 7.27. The van der Waals surface area contributed by atoms with E-state index in [0.29, 0.717) is 24.4 Å². The lowest BCUT2D eigenvalue weighted by atomic mass is 9.92. The summed E-state index contributed by atoms with van der Waals surface area (Å²) in [6.45, 7) is 4.50. The average Bonchev–Trinajstić information content (AvgIpc) is 2.75. The van der Waals surface area contributed by atoms with Gasteiger partial charge < -0.3 is 15.0 Å². The highest BCUT2D eigenvalue weighted by molar-refractivity contribution is 5.98. The van der Waals surface area contributed by atoms with Crippen LogP contribution in [0.1, 0.15) is 31.4 Å². The minimum Gasteiger partial charge on any atom is -0.481 e. The standard InChI is InChI=1S/C24H26N2O3/c1-4-13-29-21-12-8-11-20(15-21)25-23(27)22-14-18-9-6-7-10-19(18)16-26(22)24(28)17(3)5-2/h1,6-12,15,17,22H,5,13-14,16H2,2-3H3,(H,25,27). The molecule has 5 nitrogen and oxygen atoms in total. The van der Waals surface area contributed by atoms with Crippen molar-refractivity contribution in [2.45, 2.75) is 39.3 Å². The van der Waals surface area contributed by atoms with E-state index in [1.165, 1.54) is 0 Å². The Hall–Kier alpha value is -3.26. The van der Waals surface area contributed by atoms with Gasteiger partial charge in [-0.3, -0.25) is 9.59 Å². The molecule has 2 amide bonds. The van der Waals surface area contributed by atoms with Gasteiger partial charge in [0.15, 0.2) is 0 Å². The number of nitrogens with zero attached hydrogens (tertiary/aromatic N) is 1. The van der Waals surface area contributed by atoms with Crippen LogP contribution < -0.4 is 10.1 Å². The van der Waals surface area contributed by atoms with Crippen LogP contribution in [0.5, 0.6) is 5.75 Å². The highest BCUT2D eigenvalue weighted by Crippen LogP contribution is 2.27. The lowest BCUT2D eigenvalue weighted by molar-refractivity contribution is -0.143. The minimum atomic E-state index is -0.554. The average molecular weight is 390 g/mol. The van der Waals surface area contributed by atoms with Crippen LogP contribution in [0.25, 0.3) is 0 Å². The van der Waals surface area contributed by atoms with Gasteiger partial charge in [0.25, 0.3) is 0 Å². The Bertz CT molecular complexity index is 932. The third-order valence-electron chi connectivity index (χ3n) is 5.29. The molecule has 0 saturated carbocycles. The number of hydrogen-bond acceptors (Lipinski definition) is 3. The molecule has 0 fully saturated rings. The smallest absolute Gasteiger partial charge is 0.247 e. The van der Waals surface area contributed by atoms with Gasteiger partial charge in [-0.15, -0.1) is 6.42 Å². The molecule has 1 aliphatic rings. The van der Waals surface area contributed by atoms with E-state index in [0.717, 1.165) is 17.5 Å². The Morgan fingerprint density at radius 3 is 2.72 bits per heavy atom. The number of terminal acetylenes is 1. The Morgan fingerprint density at radius 2 is 2.00 bits per heavy atom. The number of anilines is 1. The van der Waals surface area contributed by atoms with Crippen molar-refractivity contribution in [3.8, 4) is 18.1 Å². The third-order valence-corrected chi connectivity index (χ3v) is 5.29. The zero-order chi connectivity index (χ0) is 20.8. The van der Waals surface area contributed by atoms with Gasteiger partial charge in [-0.1, -0.05) is 50.1 Å². The lowest BCUT2D eigenvalue weighted by Crippen LogP contribution is -2.52. The zero-order valence-corrected chi connectivity index (χ0v) is 16.9. The summed E-state index contributed by atoms with van der Waals surface area (Å²) in [6, 6.07) is 14.5. The van der Waals surface area contributed by atoms with Crippen molar-refractivity contribution in [2.24, 2.45) is 5.92 Å². The molecule has 150 valence electrons. The monoisotopic (exact) mass is 390 g/mol. The van der Waals surface area contributed by atoms with Gasteiger partial charge in [0.2, 0.25) is 11.8 Å². The van der Waals surface area contributed by atoms with Gasteiger partial charge >= 0.3 is 0 Å². The predicted molar refractivity (Wildman–Crippen MR) is 113 cm³/mol. The maximum absolute atomic E-state index is 13.2. The molecule has 0 saturated heterocycles. The first kappa shape index (κ1) is 20.5. The van der Waals surface area contributed by atoms with Crippen molar-refractivity contribution in [3.63, 3.8) is 0 Å². The van der Waals surface area contributed by atoms with Crippen molar-refractivity contribution >= 4 is 17.5 Å². The first-order valence-electron chi connectivity index (χ1n) is 9.88. The number of carbonyl (C=O) groups excluding carboxylic acids is 2. The molecule has 2 unspecified atom stereocenters. The Balaban J connectivity index is 1.82. The van der Waals surface area contributed by atoms with Crippen LogP contribution in [0.15, 0.2) is 48.5 Å². The molecule has 2 aromatic carbocycles. The van der Waals surface area contributed by atoms with Gasteiger partial charge in [0.1, 0.15) is 18.4 Å². The van der Waals surface area contributed by atoms with Crippen molar-refractivity contribution in [3.05, 3.63) is 59.7 Å². The third kappa shape index (κ3) is 4.78. The number of rotatable bonds is 6. The van der Waals surface area contributed by atoms with E-state index in [1.807, 2.05) is 38.1 Å². The summed E-state index contributed by atoms with van der Waals surface area (Å²) >= 11 is 0. The highest BCUT2D eigenvalue weighted by atomic mass is 16.5. The normalized spacial score (nSPS) is 16.3. The van der Waals surface area contributed by atoms with E-state index in [2.05, 4.69) is 11.2 Å². The fourth-order valence-corrected chi connectivity index (χ4v) is 3.46. The van der Waals surface area contributed by atoms with Crippen molar-refractivity contribution in [2.75, 3.05) is 11.9 Å². The van der Waals surface area contributed by atoms with Gasteiger partial charge in [-0.25, -0.2) is 0 Å². The molecule has 0 bridgehead atoms. The SMILES string of the molecule is C#CCOc1cccc(NC(=O)C2Cc3ccccc3CN2C(=O)C(C)CC)c1. The quantitative estimate of drug-likeness (QED) is 0.766. The molecule has 2 aromatic rings. The number of fused-ring (bicyclic) bond motifs is 1. The molecule has 5 heteroatoms. The largest absolute Gasteiger partial charge is 0.481 e. The van der Waals surface area contributed by atoms with E-state index < -0.39 is 6.04 Å². The Kier molecular flexibility index (Phi) is 6.56. The molecule has 3 rings (SSSR count). The molecule has 0 spiro atoms. The van der Waals surface area contributed by atoms with E-state index in [1.54, 1.807) is 29.2 Å². The summed E-state index contributed by atoms with van der Waals surface area (Å²) in [5.41, 5.74) is 2.81. The molecule has 2 atom stereocenters. The summed E-state index contributed by atoms with van der Waals surface area (Å²) in [5.74, 6) is 2.68. The maximum Gasteiger partial charge on any atom is 0.247 e. The molecule has 1 aliphatic heterocycles. The molecule has 0 aromatic heterocycles. The van der Waals surface area contributed by atoms with Crippen molar-refractivity contribution in [1.29, 1.82) is 0 Å². The Labute approximate surface area is 172 Å². The number of carbonyl (C=O) groups is 2. The molecule has 1 heterocycles. The van der Waals surface area contributed by atoms with Gasteiger partial charge in [0, 0.05) is 30.6 Å². The summed E-state index contributed by atoms with van der Waals surface area (Å²) in [4.78, 5) is 27.8. The zero-order valence-electron chi connectivity index (χ0n) is 16.9. The number of hydrogen-bond donors (Lipinski definition) is 1. The number of amides is 2. The minimum absolute atomic E-state index is 0.00765. The fourth-order valence-electron chi connectivity index (χ4n) is 3.46. The van der Waals surface area contributed by atoms with Crippen LogP contribution in [-0.2, 0) is 22.6 Å². The van der Waals surface area contributed by atoms with Crippen LogP contribution in [0, 0.1) is 18.3 Å². The maximum atomic E-state index is 13.2. The molecule has 0 radical (unpaired) electrons. The molecular weight excluding hydrogens is 364 g/mol. The van der Waals surface area contributed by atoms with E-state index in [4.69, 9.17) is 11.2 Å². The van der Waals surface area contributed by atoms with Crippen LogP contribution in [-0.4, -0.2) is 29.4 Å². The number of nitrogens with one attached hydrogen (secondary N) is 1. The number of benzene rings is 2. The van der Waals surface area contributed by atoms with Crippen LogP contribution in [0.3, 0.4) is 0 Å². The van der Waals surface area contributed by atoms with Crippen molar-refractivity contribution < 1.29 is 14.3 Å². The predicted octanol–water partition coefficient (Wildman–Crippen LogP) is 3.64. The summed E-state index contributed by atoms with van der Waals surface area (Å²) in [6.07, 6.45) is 6.46. The van der Waals surface area contributed by atoms with E-state index in [9.17, 15) is 9.59 Å². The Morgan fingerprint density at radius 1 is 1.24 bits per heavy atom. The lowest BCUT2D eigenvalue weighted by Gasteiger charge is -2.37. The summed E-state index contributed by atoms with van der Waals surface area (Å²) in [5, 5.41) is 2.94. The topological polar surface area (TPSA) is 58.6 Å². The summed E-state index contributed by atoms with van der Waals surface area (Å²) < 4.78 is 5.42. The fraction of sp³-hybridized carbons (Fsp3) is 0.333. The van der Waals surface area contributed by atoms with Gasteiger partial charge in [0.05, 0.1) is 0 Å². The second kappa shape index (κ2) is 9.29. The molecular formula is C24H26N2O3. The van der Waals surface area contributed by atoms with Gasteiger partial charge in [-0.05, 0) is 29.7 Å². The van der Waals surface area contributed by atoms with Crippen LogP contribution >= 0.6 is 0 Å². The van der Waals surface area contributed by atoms with Crippen molar-refractivity contribution in [1.82, 2.24) is 4.90 Å². The molecule has 1 N–H and O–H groups in total. The van der Waals surface area contributed by atoms with Crippen LogP contribution in [0.4, 0.5) is 5.69 Å². The summed E-state index contributed by atoms with van der Waals surface area (Å²) in [7, 11) is 0. The van der Waals surface area contributed by atoms with Crippen LogP contribution in [0.2, 0.25) is 0 Å². The second-order valence-corrected chi connectivity index (χ2v) is 7.27. The first-order chi connectivity index (χ1) is 14.0. The molecule has 0 aliphatic carbocycles. The van der Waals surface area contributed by atoms with E-state index >= 15 is 0 Å². The van der Waals surface area contributed by atoms with Gasteiger partial charge in [-0.2, -0.15) is 0 Å². The first-order valence-corrected chi connectivity index (χ1v) is 9.88. The highest BCUT2D eigenvalue weighted by Gasteiger charge is 2.35. The number of ether oxygens (including phenoxy) is 1.